The van der Waals surface area contributed by atoms with Crippen LogP contribution in [0.15, 0.2) is 4.52 Å². The largest absolute Gasteiger partial charge is 0.490 e. The molecule has 0 saturated carbocycles. The molecule has 7 nitrogen and oxygen atoms in total. The summed E-state index contributed by atoms with van der Waals surface area (Å²) in [5.74, 6) is -1.81. The number of aromatic amines is 1. The number of rotatable bonds is 5. The molecular formula is C18H25F3N4O3. The average Bonchev–Trinajstić information content (AvgIpc) is 3.17. The van der Waals surface area contributed by atoms with Gasteiger partial charge in [-0.3, -0.25) is 5.10 Å². The number of aryl methyl sites for hydroxylation is 3. The highest BCUT2D eigenvalue weighted by atomic mass is 19.4. The quantitative estimate of drug-likeness (QED) is 0.798. The highest BCUT2D eigenvalue weighted by molar-refractivity contribution is 5.73. The zero-order valence-electron chi connectivity index (χ0n) is 16.2. The fraction of sp³-hybridized carbons (Fsp3) is 0.611. The van der Waals surface area contributed by atoms with Crippen molar-refractivity contribution >= 4 is 5.97 Å². The number of aromatic nitrogens is 3. The van der Waals surface area contributed by atoms with E-state index in [1.165, 1.54) is 41.8 Å². The maximum Gasteiger partial charge on any atom is 0.490 e. The number of carboxylic acids is 1. The van der Waals surface area contributed by atoms with Gasteiger partial charge in [-0.1, -0.05) is 5.16 Å². The number of H-pyrrole nitrogens is 1. The number of hydrogen-bond donors (Lipinski definition) is 2. The molecule has 1 aliphatic rings. The number of alkyl halides is 3. The molecule has 28 heavy (non-hydrogen) atoms. The van der Waals surface area contributed by atoms with Gasteiger partial charge in [-0.2, -0.15) is 18.3 Å². The lowest BCUT2D eigenvalue weighted by Gasteiger charge is -2.17. The Labute approximate surface area is 160 Å². The molecule has 0 bridgehead atoms. The van der Waals surface area contributed by atoms with E-state index in [0.717, 1.165) is 37.4 Å². The zero-order chi connectivity index (χ0) is 20.9. The number of fused-ring (bicyclic) bond motifs is 1. The SMILES string of the molecule is Cc1noc(C)c1CCN(C)Cc1n[nH]c2c1CCCC2.O=C(O)C(F)(F)F. The first-order valence-corrected chi connectivity index (χ1v) is 9.05. The molecule has 3 rings (SSSR count). The van der Waals surface area contributed by atoms with E-state index in [4.69, 9.17) is 14.4 Å². The molecule has 0 atom stereocenters. The lowest BCUT2D eigenvalue weighted by atomic mass is 9.96. The number of carboxylic acid groups (broad SMARTS) is 1. The predicted molar refractivity (Wildman–Crippen MR) is 94.9 cm³/mol. The van der Waals surface area contributed by atoms with Crippen LogP contribution in [0.2, 0.25) is 0 Å². The maximum atomic E-state index is 10.6. The van der Waals surface area contributed by atoms with E-state index in [-0.39, 0.29) is 0 Å². The van der Waals surface area contributed by atoms with Crippen LogP contribution >= 0.6 is 0 Å². The number of hydrogen-bond acceptors (Lipinski definition) is 5. The van der Waals surface area contributed by atoms with Crippen molar-refractivity contribution in [3.8, 4) is 0 Å². The second-order valence-electron chi connectivity index (χ2n) is 6.93. The lowest BCUT2D eigenvalue weighted by molar-refractivity contribution is -0.192. The summed E-state index contributed by atoms with van der Waals surface area (Å²) >= 11 is 0. The molecule has 2 heterocycles. The number of nitrogens with one attached hydrogen (secondary N) is 1. The Morgan fingerprint density at radius 1 is 1.29 bits per heavy atom. The van der Waals surface area contributed by atoms with E-state index in [1.807, 2.05) is 13.8 Å². The van der Waals surface area contributed by atoms with Crippen molar-refractivity contribution in [3.63, 3.8) is 0 Å². The van der Waals surface area contributed by atoms with Crippen LogP contribution in [0.4, 0.5) is 13.2 Å². The molecule has 0 fully saturated rings. The molecule has 2 aromatic heterocycles. The molecule has 0 amide bonds. The smallest absolute Gasteiger partial charge is 0.475 e. The summed E-state index contributed by atoms with van der Waals surface area (Å²) in [4.78, 5) is 11.2. The van der Waals surface area contributed by atoms with Gasteiger partial charge in [0.2, 0.25) is 0 Å². The third kappa shape index (κ3) is 5.82. The number of carbonyl (C=O) groups is 1. The third-order valence-electron chi connectivity index (χ3n) is 4.73. The van der Waals surface area contributed by atoms with Crippen LogP contribution in [-0.2, 0) is 30.6 Å². The van der Waals surface area contributed by atoms with E-state index in [0.29, 0.717) is 0 Å². The topological polar surface area (TPSA) is 95.3 Å². The van der Waals surface area contributed by atoms with Crippen molar-refractivity contribution in [1.82, 2.24) is 20.3 Å². The summed E-state index contributed by atoms with van der Waals surface area (Å²) in [6.45, 7) is 5.90. The minimum absolute atomic E-state index is 0.912. The Bertz CT molecular complexity index is 779. The fourth-order valence-corrected chi connectivity index (χ4v) is 3.18. The summed E-state index contributed by atoms with van der Waals surface area (Å²) in [5.41, 5.74) is 6.30. The second-order valence-corrected chi connectivity index (χ2v) is 6.93. The second kappa shape index (κ2) is 9.22. The van der Waals surface area contributed by atoms with E-state index in [2.05, 4.69) is 27.3 Å². The monoisotopic (exact) mass is 402 g/mol. The van der Waals surface area contributed by atoms with Crippen molar-refractivity contribution < 1.29 is 27.6 Å². The van der Waals surface area contributed by atoms with Gasteiger partial charge in [-0.15, -0.1) is 0 Å². The highest BCUT2D eigenvalue weighted by Gasteiger charge is 2.38. The number of halogens is 3. The van der Waals surface area contributed by atoms with Gasteiger partial charge in [0.25, 0.3) is 0 Å². The van der Waals surface area contributed by atoms with Gasteiger partial charge in [0.15, 0.2) is 0 Å². The zero-order valence-corrected chi connectivity index (χ0v) is 16.2. The Morgan fingerprint density at radius 2 is 1.93 bits per heavy atom. The average molecular weight is 402 g/mol. The Balaban J connectivity index is 0.000000345. The van der Waals surface area contributed by atoms with Crippen molar-refractivity contribution in [1.29, 1.82) is 0 Å². The van der Waals surface area contributed by atoms with Crippen molar-refractivity contribution in [2.75, 3.05) is 13.6 Å². The molecule has 0 aromatic carbocycles. The molecule has 0 unspecified atom stereocenters. The summed E-state index contributed by atoms with van der Waals surface area (Å²) < 4.78 is 37.0. The van der Waals surface area contributed by atoms with Crippen LogP contribution in [0.1, 0.15) is 46.8 Å². The van der Waals surface area contributed by atoms with E-state index < -0.39 is 12.1 Å². The van der Waals surface area contributed by atoms with E-state index >= 15 is 0 Å². The summed E-state index contributed by atoms with van der Waals surface area (Å²) in [7, 11) is 2.15. The molecule has 2 aromatic rings. The van der Waals surface area contributed by atoms with Crippen molar-refractivity contribution in [2.45, 2.75) is 58.7 Å². The van der Waals surface area contributed by atoms with Crippen LogP contribution in [0.5, 0.6) is 0 Å². The molecule has 10 heteroatoms. The van der Waals surface area contributed by atoms with Crippen LogP contribution in [0.3, 0.4) is 0 Å². The first-order valence-electron chi connectivity index (χ1n) is 9.05. The van der Waals surface area contributed by atoms with Gasteiger partial charge in [0.1, 0.15) is 5.76 Å². The van der Waals surface area contributed by atoms with Gasteiger partial charge in [-0.25, -0.2) is 4.79 Å². The maximum absolute atomic E-state index is 10.6. The molecule has 0 saturated heterocycles. The fourth-order valence-electron chi connectivity index (χ4n) is 3.18. The summed E-state index contributed by atoms with van der Waals surface area (Å²) in [5, 5.41) is 18.9. The van der Waals surface area contributed by atoms with Crippen LogP contribution in [0.25, 0.3) is 0 Å². The Morgan fingerprint density at radius 3 is 2.50 bits per heavy atom. The highest BCUT2D eigenvalue weighted by Crippen LogP contribution is 2.23. The third-order valence-corrected chi connectivity index (χ3v) is 4.73. The number of nitrogens with zero attached hydrogens (tertiary/aromatic N) is 3. The van der Waals surface area contributed by atoms with Crippen molar-refractivity contribution in [3.05, 3.63) is 34.0 Å². The van der Waals surface area contributed by atoms with E-state index in [1.54, 1.807) is 0 Å². The van der Waals surface area contributed by atoms with Gasteiger partial charge in [0, 0.05) is 24.3 Å². The van der Waals surface area contributed by atoms with Gasteiger partial charge in [-0.05, 0) is 58.6 Å². The first kappa shape index (κ1) is 21.9. The molecule has 2 N–H and O–H groups in total. The van der Waals surface area contributed by atoms with Gasteiger partial charge < -0.3 is 14.5 Å². The molecule has 1 aliphatic carbocycles. The van der Waals surface area contributed by atoms with Crippen LogP contribution < -0.4 is 0 Å². The molecule has 0 spiro atoms. The standard InChI is InChI=1S/C16H24N4O.C2HF3O2/c1-11-13(12(2)21-19-11)8-9-20(3)10-16-14-6-4-5-7-15(14)17-18-16;3-2(4,5)1(6)7/h4-10H2,1-3H3,(H,17,18);(H,6,7). The first-order chi connectivity index (χ1) is 13.1. The Kier molecular flexibility index (Phi) is 7.22. The van der Waals surface area contributed by atoms with Gasteiger partial charge in [0.05, 0.1) is 11.4 Å². The van der Waals surface area contributed by atoms with Gasteiger partial charge >= 0.3 is 12.1 Å². The summed E-state index contributed by atoms with van der Waals surface area (Å²) in [6.07, 6.45) is 0.813. The normalized spacial score (nSPS) is 13.8. The molecule has 156 valence electrons. The van der Waals surface area contributed by atoms with E-state index in [9.17, 15) is 13.2 Å². The minimum atomic E-state index is -5.08. The lowest BCUT2D eigenvalue weighted by Crippen LogP contribution is -2.22. The molecule has 0 radical (unpaired) electrons. The van der Waals surface area contributed by atoms with Crippen molar-refractivity contribution in [2.24, 2.45) is 0 Å². The minimum Gasteiger partial charge on any atom is -0.475 e. The van der Waals surface area contributed by atoms with Crippen LogP contribution in [0, 0.1) is 13.8 Å². The molecular weight excluding hydrogens is 377 g/mol. The molecule has 0 aliphatic heterocycles. The number of likely N-dealkylation sites (N-methyl/N-ethyl adjacent to an activating group) is 1. The summed E-state index contributed by atoms with van der Waals surface area (Å²) in [6, 6.07) is 0. The number of aliphatic carboxylic acids is 1. The predicted octanol–water partition coefficient (Wildman–Crippen LogP) is 3.20. The van der Waals surface area contributed by atoms with Crippen LogP contribution in [-0.4, -0.2) is 51.1 Å². The Hall–Kier alpha value is -2.36.